The van der Waals surface area contributed by atoms with Gasteiger partial charge in [-0.1, -0.05) is 32.6 Å². The van der Waals surface area contributed by atoms with Gasteiger partial charge in [0.2, 0.25) is 8.87 Å². The summed E-state index contributed by atoms with van der Waals surface area (Å²) < 4.78 is 41.8. The molecule has 1 atom stereocenters. The highest BCUT2D eigenvalue weighted by molar-refractivity contribution is 8.61. The molecule has 0 aliphatic rings. The fourth-order valence-electron chi connectivity index (χ4n) is 0.950. The van der Waals surface area contributed by atoms with E-state index in [0.29, 0.717) is 6.42 Å². The zero-order chi connectivity index (χ0) is 10.3. The maximum atomic E-state index is 10.8. The molecule has 0 aromatic carbocycles. The molecule has 0 rings (SSSR count). The predicted octanol–water partition coefficient (Wildman–Crippen LogP) is 1.17. The van der Waals surface area contributed by atoms with Crippen LogP contribution in [0, 0.1) is 0 Å². The van der Waals surface area contributed by atoms with Crippen LogP contribution in [0.5, 0.6) is 0 Å². The molecule has 1 unspecified atom stereocenters. The first-order chi connectivity index (χ1) is 6.00. The highest BCUT2D eigenvalue weighted by atomic mass is 33.2. The highest BCUT2D eigenvalue weighted by Crippen LogP contribution is 2.05. The number of rotatable bonds is 7. The van der Waals surface area contributed by atoms with Gasteiger partial charge in [0.05, 0.1) is 15.9 Å². The van der Waals surface area contributed by atoms with Crippen molar-refractivity contribution in [1.82, 2.24) is 0 Å². The highest BCUT2D eigenvalue weighted by Gasteiger charge is 2.09. The van der Waals surface area contributed by atoms with Gasteiger partial charge in [-0.15, -0.1) is 0 Å². The van der Waals surface area contributed by atoms with E-state index in [4.69, 9.17) is 0 Å². The van der Waals surface area contributed by atoms with Gasteiger partial charge in [-0.25, -0.2) is 8.42 Å². The van der Waals surface area contributed by atoms with Crippen molar-refractivity contribution < 1.29 is 17.2 Å². The van der Waals surface area contributed by atoms with Gasteiger partial charge in [-0.2, -0.15) is 0 Å². The first-order valence-corrected chi connectivity index (χ1v) is 7.57. The van der Waals surface area contributed by atoms with Gasteiger partial charge in [0, 0.05) is 0 Å². The second-order valence-electron chi connectivity index (χ2n) is 2.88. The fourth-order valence-corrected chi connectivity index (χ4v) is 2.41. The summed E-state index contributed by atoms with van der Waals surface area (Å²) in [5.41, 5.74) is 0. The quantitative estimate of drug-likeness (QED) is 0.371. The topological polar surface area (TPSA) is 74.3 Å². The molecule has 0 bridgehead atoms. The van der Waals surface area contributed by atoms with E-state index in [1.165, 1.54) is 0 Å². The molecule has 0 fully saturated rings. The van der Waals surface area contributed by atoms with Crippen molar-refractivity contribution in [3.05, 3.63) is 0 Å². The maximum Gasteiger partial charge on any atom is 0.217 e. The van der Waals surface area contributed by atoms with Crippen molar-refractivity contribution in [1.29, 1.82) is 0 Å². The molecule has 0 saturated carbocycles. The Kier molecular flexibility index (Phi) is 6.53. The number of hydrogen-bond donors (Lipinski definition) is 0. The first-order valence-electron chi connectivity index (χ1n) is 4.33. The van der Waals surface area contributed by atoms with Crippen LogP contribution >= 0.6 is 0 Å². The largest absolute Gasteiger partial charge is 0.760 e. The fraction of sp³-hybridized carbons (Fsp3) is 1.00. The average Bonchev–Trinajstić information content (AvgIpc) is 2.03. The molecule has 4 nitrogen and oxygen atoms in total. The van der Waals surface area contributed by atoms with Crippen molar-refractivity contribution in [2.75, 3.05) is 5.75 Å². The summed E-state index contributed by atoms with van der Waals surface area (Å²) in [6.07, 6.45) is 4.35. The molecule has 80 valence electrons. The van der Waals surface area contributed by atoms with Gasteiger partial charge in [-0.05, 0) is 6.42 Å². The smallest absolute Gasteiger partial charge is 0.217 e. The lowest BCUT2D eigenvalue weighted by molar-refractivity contribution is 0.539. The Morgan fingerprint density at radius 3 is 2.15 bits per heavy atom. The molecule has 0 radical (unpaired) electrons. The molecule has 0 aromatic heterocycles. The Balaban J connectivity index is 3.60. The molecule has 0 aromatic rings. The van der Waals surface area contributed by atoms with Crippen LogP contribution in [-0.2, 0) is 19.0 Å². The second kappa shape index (κ2) is 6.50. The summed E-state index contributed by atoms with van der Waals surface area (Å²) in [4.78, 5) is 0. The molecule has 13 heavy (non-hydrogen) atoms. The lowest BCUT2D eigenvalue weighted by atomic mass is 10.2. The minimum Gasteiger partial charge on any atom is -0.760 e. The van der Waals surface area contributed by atoms with E-state index in [1.807, 2.05) is 0 Å². The van der Waals surface area contributed by atoms with Gasteiger partial charge >= 0.3 is 0 Å². The van der Waals surface area contributed by atoms with Gasteiger partial charge < -0.3 is 4.55 Å². The molecular weight excluding hydrogens is 212 g/mol. The molecule has 0 N–H and O–H groups in total. The molecule has 0 aliphatic carbocycles. The van der Waals surface area contributed by atoms with Crippen molar-refractivity contribution >= 4 is 19.0 Å². The summed E-state index contributed by atoms with van der Waals surface area (Å²) in [6, 6.07) is 0. The zero-order valence-corrected chi connectivity index (χ0v) is 9.33. The van der Waals surface area contributed by atoms with Crippen LogP contribution in [0.1, 0.15) is 39.0 Å². The SMILES string of the molecule is CCCCCCCS(=O)(=O)S(=O)[O-]. The van der Waals surface area contributed by atoms with Crippen molar-refractivity contribution in [2.24, 2.45) is 0 Å². The molecular formula is C7H15O4S2-. The number of hydrogen-bond acceptors (Lipinski definition) is 4. The van der Waals surface area contributed by atoms with Crippen molar-refractivity contribution in [2.45, 2.75) is 39.0 Å². The first kappa shape index (κ1) is 13.1. The summed E-state index contributed by atoms with van der Waals surface area (Å²) in [6.45, 7) is 2.06. The Labute approximate surface area is 81.3 Å². The van der Waals surface area contributed by atoms with Crippen LogP contribution in [0.2, 0.25) is 0 Å². The van der Waals surface area contributed by atoms with Crippen molar-refractivity contribution in [3.63, 3.8) is 0 Å². The van der Waals surface area contributed by atoms with Crippen LogP contribution < -0.4 is 0 Å². The Morgan fingerprint density at radius 1 is 1.15 bits per heavy atom. The summed E-state index contributed by atoms with van der Waals surface area (Å²) in [5.74, 6) is -0.243. The predicted molar refractivity (Wildman–Crippen MR) is 51.5 cm³/mol. The minimum atomic E-state index is -3.87. The van der Waals surface area contributed by atoms with E-state index in [9.17, 15) is 17.2 Å². The summed E-state index contributed by atoms with van der Waals surface area (Å²) in [7, 11) is -6.83. The van der Waals surface area contributed by atoms with Crippen LogP contribution in [-0.4, -0.2) is 22.9 Å². The third-order valence-electron chi connectivity index (χ3n) is 1.71. The standard InChI is InChI=1S/C7H16O4S2/c1-2-3-4-5-6-7-13(10,11)12(8)9/h2-7H2,1H3,(H,8,9)/p-1. The van der Waals surface area contributed by atoms with E-state index >= 15 is 0 Å². The Morgan fingerprint density at radius 2 is 1.69 bits per heavy atom. The van der Waals surface area contributed by atoms with Gasteiger partial charge in [0.15, 0.2) is 0 Å². The van der Waals surface area contributed by atoms with E-state index in [-0.39, 0.29) is 5.75 Å². The summed E-state index contributed by atoms with van der Waals surface area (Å²) >= 11 is 0. The second-order valence-corrected chi connectivity index (χ2v) is 7.15. The van der Waals surface area contributed by atoms with Crippen LogP contribution in [0.4, 0.5) is 0 Å². The Hall–Kier alpha value is 0.0600. The monoisotopic (exact) mass is 227 g/mol. The third-order valence-corrected chi connectivity index (χ3v) is 4.65. The zero-order valence-electron chi connectivity index (χ0n) is 7.69. The molecule has 0 saturated heterocycles. The number of unbranched alkanes of at least 4 members (excludes halogenated alkanes) is 4. The van der Waals surface area contributed by atoms with E-state index in [1.54, 1.807) is 0 Å². The molecule has 0 heterocycles. The van der Waals surface area contributed by atoms with E-state index in [2.05, 4.69) is 6.92 Å². The lowest BCUT2D eigenvalue weighted by Gasteiger charge is -2.05. The average molecular weight is 227 g/mol. The molecule has 0 aliphatic heterocycles. The van der Waals surface area contributed by atoms with Gasteiger partial charge in [0.25, 0.3) is 0 Å². The van der Waals surface area contributed by atoms with Crippen LogP contribution in [0.25, 0.3) is 0 Å². The van der Waals surface area contributed by atoms with E-state index < -0.39 is 19.0 Å². The molecule has 6 heteroatoms. The minimum absolute atomic E-state index is 0.243. The molecule has 0 amide bonds. The van der Waals surface area contributed by atoms with Gasteiger partial charge in [0.1, 0.15) is 0 Å². The van der Waals surface area contributed by atoms with Gasteiger partial charge in [-0.3, -0.25) is 4.21 Å². The Bertz CT molecular complexity index is 245. The normalized spacial score (nSPS) is 14.3. The van der Waals surface area contributed by atoms with Crippen LogP contribution in [0.3, 0.4) is 0 Å². The van der Waals surface area contributed by atoms with Crippen molar-refractivity contribution in [3.8, 4) is 0 Å². The van der Waals surface area contributed by atoms with Crippen LogP contribution in [0.15, 0.2) is 0 Å². The third kappa shape index (κ3) is 6.17. The van der Waals surface area contributed by atoms with E-state index in [0.717, 1.165) is 25.7 Å². The lowest BCUT2D eigenvalue weighted by Crippen LogP contribution is -2.11. The molecule has 0 spiro atoms. The maximum absolute atomic E-state index is 10.8. The summed E-state index contributed by atoms with van der Waals surface area (Å²) in [5, 5.41) is 0.